The van der Waals surface area contributed by atoms with Crippen LogP contribution in [-0.4, -0.2) is 0 Å². The third-order valence-corrected chi connectivity index (χ3v) is 6.31. The molecule has 28 heavy (non-hydrogen) atoms. The highest BCUT2D eigenvalue weighted by atomic mass is 14.2. The van der Waals surface area contributed by atoms with Gasteiger partial charge in [-0.05, 0) is 107 Å². The van der Waals surface area contributed by atoms with Crippen LogP contribution in [0.4, 0.5) is 0 Å². The van der Waals surface area contributed by atoms with E-state index in [0.29, 0.717) is 0 Å². The van der Waals surface area contributed by atoms with Gasteiger partial charge in [0, 0.05) is 0 Å². The van der Waals surface area contributed by atoms with Gasteiger partial charge in [-0.3, -0.25) is 0 Å². The standard InChI is InChI=1S/C28H26/c1-19-25-15-13-24(22-11-7-4-8-12-22)18-28(25)20(2)26-16-14-23(17-27(19)26)21-9-5-3-6-10-21/h5,7,9-18H,3-4,6,8H2,1-2H3. The van der Waals surface area contributed by atoms with Gasteiger partial charge in [-0.15, -0.1) is 0 Å². The summed E-state index contributed by atoms with van der Waals surface area (Å²) in [4.78, 5) is 0. The molecular formula is C28H26. The Hall–Kier alpha value is -2.86. The van der Waals surface area contributed by atoms with Crippen LogP contribution in [0.1, 0.15) is 47.9 Å². The first-order valence-corrected chi connectivity index (χ1v) is 10.4. The molecule has 0 aliphatic heterocycles. The lowest BCUT2D eigenvalue weighted by atomic mass is 9.88. The van der Waals surface area contributed by atoms with Crippen molar-refractivity contribution in [2.24, 2.45) is 0 Å². The fourth-order valence-corrected chi connectivity index (χ4v) is 4.67. The molecular weight excluding hydrogens is 336 g/mol. The smallest absolute Gasteiger partial charge is 0.0139 e. The van der Waals surface area contributed by atoms with Crippen molar-refractivity contribution in [3.05, 3.63) is 95.1 Å². The van der Waals surface area contributed by atoms with Crippen LogP contribution in [0.15, 0.2) is 72.9 Å². The summed E-state index contributed by atoms with van der Waals surface area (Å²) in [5, 5.41) is 5.51. The fraction of sp³-hybridized carbons (Fsp3) is 0.214. The summed E-state index contributed by atoms with van der Waals surface area (Å²) in [5.41, 5.74) is 8.15. The summed E-state index contributed by atoms with van der Waals surface area (Å²) >= 11 is 0. The zero-order valence-electron chi connectivity index (χ0n) is 16.8. The molecule has 0 fully saturated rings. The minimum Gasteiger partial charge on any atom is -0.0836 e. The monoisotopic (exact) mass is 362 g/mol. The summed E-state index contributed by atoms with van der Waals surface area (Å²) < 4.78 is 0. The van der Waals surface area contributed by atoms with E-state index in [4.69, 9.17) is 0 Å². The quantitative estimate of drug-likeness (QED) is 0.404. The normalized spacial score (nSPS) is 16.5. The number of aryl methyl sites for hydroxylation is 2. The van der Waals surface area contributed by atoms with Crippen molar-refractivity contribution in [1.82, 2.24) is 0 Å². The van der Waals surface area contributed by atoms with Gasteiger partial charge in [-0.1, -0.05) is 60.7 Å². The Morgan fingerprint density at radius 2 is 1.00 bits per heavy atom. The molecule has 0 atom stereocenters. The van der Waals surface area contributed by atoms with Crippen molar-refractivity contribution in [3.63, 3.8) is 0 Å². The van der Waals surface area contributed by atoms with Gasteiger partial charge in [0.25, 0.3) is 0 Å². The van der Waals surface area contributed by atoms with E-state index in [1.165, 1.54) is 54.9 Å². The van der Waals surface area contributed by atoms with Crippen molar-refractivity contribution in [2.75, 3.05) is 0 Å². The first-order valence-electron chi connectivity index (χ1n) is 10.4. The van der Waals surface area contributed by atoms with Crippen molar-refractivity contribution in [1.29, 1.82) is 0 Å². The van der Waals surface area contributed by atoms with Gasteiger partial charge in [0.15, 0.2) is 0 Å². The molecule has 0 saturated heterocycles. The summed E-state index contributed by atoms with van der Waals surface area (Å²) in [6.07, 6.45) is 18.4. The maximum absolute atomic E-state index is 2.39. The minimum atomic E-state index is 1.15. The van der Waals surface area contributed by atoms with Crippen LogP contribution >= 0.6 is 0 Å². The van der Waals surface area contributed by atoms with Gasteiger partial charge < -0.3 is 0 Å². The molecule has 0 aromatic heterocycles. The Morgan fingerprint density at radius 1 is 0.536 bits per heavy atom. The summed E-state index contributed by atoms with van der Waals surface area (Å²) in [7, 11) is 0. The van der Waals surface area contributed by atoms with Gasteiger partial charge in [-0.25, -0.2) is 0 Å². The van der Waals surface area contributed by atoms with E-state index in [9.17, 15) is 0 Å². The van der Waals surface area contributed by atoms with Gasteiger partial charge in [0.05, 0.1) is 0 Å². The maximum atomic E-state index is 2.39. The van der Waals surface area contributed by atoms with Crippen LogP contribution < -0.4 is 0 Å². The van der Waals surface area contributed by atoms with Crippen LogP contribution in [-0.2, 0) is 0 Å². The Morgan fingerprint density at radius 3 is 1.39 bits per heavy atom. The molecule has 0 bridgehead atoms. The molecule has 0 spiro atoms. The van der Waals surface area contributed by atoms with E-state index in [1.807, 2.05) is 0 Å². The third-order valence-electron chi connectivity index (χ3n) is 6.31. The molecule has 0 heteroatoms. The minimum absolute atomic E-state index is 1.15. The van der Waals surface area contributed by atoms with E-state index in [2.05, 4.69) is 86.7 Å². The van der Waals surface area contributed by atoms with E-state index in [-0.39, 0.29) is 0 Å². The van der Waals surface area contributed by atoms with Gasteiger partial charge in [0.1, 0.15) is 0 Å². The fourth-order valence-electron chi connectivity index (χ4n) is 4.67. The lowest BCUT2D eigenvalue weighted by molar-refractivity contribution is 1.04. The zero-order chi connectivity index (χ0) is 19.1. The second-order valence-corrected chi connectivity index (χ2v) is 8.05. The number of benzene rings is 3. The predicted octanol–water partition coefficient (Wildman–Crippen LogP) is 8.08. The summed E-state index contributed by atoms with van der Waals surface area (Å²) in [6.45, 7) is 4.55. The topological polar surface area (TPSA) is 0 Å². The largest absolute Gasteiger partial charge is 0.0836 e. The summed E-state index contributed by atoms with van der Waals surface area (Å²) in [5.74, 6) is 0. The second-order valence-electron chi connectivity index (χ2n) is 8.05. The van der Waals surface area contributed by atoms with Crippen LogP contribution in [0.3, 0.4) is 0 Å². The number of hydrogen-bond acceptors (Lipinski definition) is 0. The van der Waals surface area contributed by atoms with E-state index in [0.717, 1.165) is 25.7 Å². The molecule has 3 aromatic rings. The number of rotatable bonds is 2. The molecule has 0 nitrogen and oxygen atoms in total. The van der Waals surface area contributed by atoms with Crippen LogP contribution in [0, 0.1) is 13.8 Å². The van der Waals surface area contributed by atoms with Crippen molar-refractivity contribution in [3.8, 4) is 0 Å². The van der Waals surface area contributed by atoms with E-state index in [1.54, 1.807) is 0 Å². The van der Waals surface area contributed by atoms with Gasteiger partial charge in [-0.2, -0.15) is 0 Å². The summed E-state index contributed by atoms with van der Waals surface area (Å²) in [6, 6.07) is 14.0. The Bertz CT molecular complexity index is 1110. The van der Waals surface area contributed by atoms with Crippen LogP contribution in [0.25, 0.3) is 32.7 Å². The lowest BCUT2D eigenvalue weighted by Gasteiger charge is -2.16. The molecule has 2 aliphatic rings. The molecule has 2 aliphatic carbocycles. The number of allylic oxidation sites excluding steroid dienone is 8. The lowest BCUT2D eigenvalue weighted by Crippen LogP contribution is -1.93. The third kappa shape index (κ3) is 2.85. The Balaban J connectivity index is 1.71. The first kappa shape index (κ1) is 17.3. The highest BCUT2D eigenvalue weighted by Gasteiger charge is 2.12. The van der Waals surface area contributed by atoms with E-state index >= 15 is 0 Å². The number of fused-ring (bicyclic) bond motifs is 2. The van der Waals surface area contributed by atoms with Gasteiger partial charge in [0.2, 0.25) is 0 Å². The molecule has 138 valence electrons. The van der Waals surface area contributed by atoms with Crippen molar-refractivity contribution < 1.29 is 0 Å². The maximum Gasteiger partial charge on any atom is -0.0139 e. The molecule has 5 rings (SSSR count). The highest BCUT2D eigenvalue weighted by Crippen LogP contribution is 2.36. The van der Waals surface area contributed by atoms with Gasteiger partial charge >= 0.3 is 0 Å². The van der Waals surface area contributed by atoms with Crippen molar-refractivity contribution in [2.45, 2.75) is 39.5 Å². The number of hydrogen-bond donors (Lipinski definition) is 0. The average Bonchev–Trinajstić information content (AvgIpc) is 2.78. The Kier molecular flexibility index (Phi) is 4.28. The van der Waals surface area contributed by atoms with Crippen LogP contribution in [0.2, 0.25) is 0 Å². The van der Waals surface area contributed by atoms with Crippen LogP contribution in [0.5, 0.6) is 0 Å². The van der Waals surface area contributed by atoms with E-state index < -0.39 is 0 Å². The Labute approximate surface area is 167 Å². The molecule has 0 unspecified atom stereocenters. The molecule has 0 heterocycles. The second kappa shape index (κ2) is 6.95. The zero-order valence-corrected chi connectivity index (χ0v) is 16.8. The molecule has 0 N–H and O–H groups in total. The molecule has 0 saturated carbocycles. The SMILES string of the molecule is Cc1c2ccc(C3=CCCC=C3)cc2c(C)c2ccc(C3=CCCC=C3)cc12. The first-order chi connectivity index (χ1) is 13.7. The highest BCUT2D eigenvalue weighted by molar-refractivity contribution is 6.07. The average molecular weight is 363 g/mol. The van der Waals surface area contributed by atoms with Crippen molar-refractivity contribution >= 4 is 32.7 Å². The molecule has 3 aromatic carbocycles. The molecule has 0 radical (unpaired) electrons. The molecule has 0 amide bonds. The predicted molar refractivity (Wildman–Crippen MR) is 124 cm³/mol.